The number of nitrogens with two attached hydrogens (primary N) is 1. The maximum Gasteiger partial charge on any atom is 0.228 e. The monoisotopic (exact) mass is 233 g/mol. The van der Waals surface area contributed by atoms with Crippen LogP contribution < -0.4 is 5.73 Å². The molecule has 2 rings (SSSR count). The Kier molecular flexibility index (Phi) is 3.31. The molecule has 0 spiro atoms. The van der Waals surface area contributed by atoms with Gasteiger partial charge in [-0.1, -0.05) is 0 Å². The highest BCUT2D eigenvalue weighted by molar-refractivity contribution is 5.78. The second-order valence-corrected chi connectivity index (χ2v) is 4.84. The van der Waals surface area contributed by atoms with Crippen LogP contribution in [-0.2, 0) is 11.2 Å². The summed E-state index contributed by atoms with van der Waals surface area (Å²) in [6.45, 7) is 2.12. The van der Waals surface area contributed by atoms with Crippen molar-refractivity contribution in [3.05, 3.63) is 24.0 Å². The van der Waals surface area contributed by atoms with Crippen LogP contribution in [0.3, 0.4) is 0 Å². The van der Waals surface area contributed by atoms with Gasteiger partial charge in [0.05, 0.1) is 18.3 Å². The zero-order valence-corrected chi connectivity index (χ0v) is 10.4. The van der Waals surface area contributed by atoms with E-state index in [1.807, 2.05) is 18.0 Å². The van der Waals surface area contributed by atoms with Crippen LogP contribution in [-0.4, -0.2) is 28.9 Å². The van der Waals surface area contributed by atoms with Crippen molar-refractivity contribution in [1.29, 1.82) is 0 Å². The van der Waals surface area contributed by atoms with E-state index in [2.05, 4.69) is 11.9 Å². The third-order valence-corrected chi connectivity index (χ3v) is 3.49. The van der Waals surface area contributed by atoms with Crippen LogP contribution in [0, 0.1) is 5.92 Å². The molecule has 1 aliphatic carbocycles. The summed E-state index contributed by atoms with van der Waals surface area (Å²) < 4.78 is 0. The van der Waals surface area contributed by atoms with Crippen molar-refractivity contribution in [2.45, 2.75) is 32.2 Å². The molecule has 1 amide bonds. The first-order chi connectivity index (χ1) is 8.08. The summed E-state index contributed by atoms with van der Waals surface area (Å²) >= 11 is 0. The number of nitrogen functional groups attached to an aromatic ring is 1. The van der Waals surface area contributed by atoms with Gasteiger partial charge < -0.3 is 10.6 Å². The van der Waals surface area contributed by atoms with Crippen LogP contribution in [0.4, 0.5) is 5.69 Å². The molecule has 0 aromatic carbocycles. The van der Waals surface area contributed by atoms with Crippen molar-refractivity contribution in [3.8, 4) is 0 Å². The minimum atomic E-state index is 0.127. The minimum Gasteiger partial charge on any atom is -0.397 e. The predicted molar refractivity (Wildman–Crippen MR) is 67.3 cm³/mol. The second kappa shape index (κ2) is 4.73. The average Bonchev–Trinajstić information content (AvgIpc) is 3.14. The van der Waals surface area contributed by atoms with E-state index >= 15 is 0 Å². The number of amides is 1. The number of nitrogens with zero attached hydrogens (tertiary/aromatic N) is 2. The van der Waals surface area contributed by atoms with E-state index in [-0.39, 0.29) is 5.91 Å². The maximum absolute atomic E-state index is 12.0. The Hall–Kier alpha value is -1.58. The molecule has 2 N–H and O–H groups in total. The summed E-state index contributed by atoms with van der Waals surface area (Å²) in [5.41, 5.74) is 6.96. The SMILES string of the molecule is CC(C1CC1)N(C)C(=O)Cc1ccc(N)cn1. The highest BCUT2D eigenvalue weighted by Gasteiger charge is 2.32. The Labute approximate surface area is 102 Å². The van der Waals surface area contributed by atoms with Gasteiger partial charge >= 0.3 is 0 Å². The molecule has 92 valence electrons. The number of hydrogen-bond donors (Lipinski definition) is 1. The quantitative estimate of drug-likeness (QED) is 0.856. The molecule has 0 aliphatic heterocycles. The van der Waals surface area contributed by atoms with Gasteiger partial charge in [0, 0.05) is 18.8 Å². The molecular weight excluding hydrogens is 214 g/mol. The summed E-state index contributed by atoms with van der Waals surface area (Å²) in [5, 5.41) is 0. The van der Waals surface area contributed by atoms with E-state index in [0.717, 1.165) is 5.69 Å². The predicted octanol–water partition coefficient (Wildman–Crippen LogP) is 1.46. The number of anilines is 1. The number of carbonyl (C=O) groups is 1. The Bertz CT molecular complexity index is 398. The Morgan fingerprint density at radius 3 is 2.82 bits per heavy atom. The fraction of sp³-hybridized carbons (Fsp3) is 0.538. The molecule has 1 saturated carbocycles. The van der Waals surface area contributed by atoms with Gasteiger partial charge in [0.2, 0.25) is 5.91 Å². The smallest absolute Gasteiger partial charge is 0.228 e. The lowest BCUT2D eigenvalue weighted by Crippen LogP contribution is -2.37. The molecule has 0 saturated heterocycles. The van der Waals surface area contributed by atoms with Gasteiger partial charge in [-0.2, -0.15) is 0 Å². The first kappa shape index (κ1) is 11.9. The number of likely N-dealkylation sites (N-methyl/N-ethyl adjacent to an activating group) is 1. The third-order valence-electron chi connectivity index (χ3n) is 3.49. The molecule has 1 aromatic heterocycles. The standard InChI is InChI=1S/C13H19N3O/c1-9(10-3-4-10)16(2)13(17)7-12-6-5-11(14)8-15-12/h5-6,8-10H,3-4,7,14H2,1-2H3. The molecule has 4 heteroatoms. The Balaban J connectivity index is 1.93. The molecule has 17 heavy (non-hydrogen) atoms. The van der Waals surface area contributed by atoms with E-state index in [4.69, 9.17) is 5.73 Å². The average molecular weight is 233 g/mol. The molecule has 1 heterocycles. The molecule has 1 unspecified atom stereocenters. The van der Waals surface area contributed by atoms with Crippen LogP contribution >= 0.6 is 0 Å². The van der Waals surface area contributed by atoms with E-state index in [0.29, 0.717) is 24.1 Å². The highest BCUT2D eigenvalue weighted by Crippen LogP contribution is 2.34. The summed E-state index contributed by atoms with van der Waals surface area (Å²) in [7, 11) is 1.88. The molecule has 0 radical (unpaired) electrons. The van der Waals surface area contributed by atoms with Crippen LogP contribution in [0.15, 0.2) is 18.3 Å². The lowest BCUT2D eigenvalue weighted by molar-refractivity contribution is -0.131. The highest BCUT2D eigenvalue weighted by atomic mass is 16.2. The third kappa shape index (κ3) is 2.96. The molecular formula is C13H19N3O. The van der Waals surface area contributed by atoms with Crippen molar-refractivity contribution in [2.24, 2.45) is 5.92 Å². The van der Waals surface area contributed by atoms with Crippen molar-refractivity contribution in [3.63, 3.8) is 0 Å². The number of carbonyl (C=O) groups excluding carboxylic acids is 1. The van der Waals surface area contributed by atoms with E-state index < -0.39 is 0 Å². The normalized spacial score (nSPS) is 16.6. The summed E-state index contributed by atoms with van der Waals surface area (Å²) in [4.78, 5) is 18.0. The molecule has 0 bridgehead atoms. The summed E-state index contributed by atoms with van der Waals surface area (Å²) in [6, 6.07) is 3.93. The van der Waals surface area contributed by atoms with Crippen LogP contribution in [0.2, 0.25) is 0 Å². The molecule has 1 fully saturated rings. The second-order valence-electron chi connectivity index (χ2n) is 4.84. The van der Waals surface area contributed by atoms with Gasteiger partial charge in [0.15, 0.2) is 0 Å². The first-order valence-electron chi connectivity index (χ1n) is 6.04. The Morgan fingerprint density at radius 2 is 2.29 bits per heavy atom. The van der Waals surface area contributed by atoms with Gasteiger partial charge in [0.25, 0.3) is 0 Å². The molecule has 1 aliphatic rings. The lowest BCUT2D eigenvalue weighted by Gasteiger charge is -2.24. The lowest BCUT2D eigenvalue weighted by atomic mass is 10.1. The van der Waals surface area contributed by atoms with Gasteiger partial charge in [-0.25, -0.2) is 0 Å². The van der Waals surface area contributed by atoms with Gasteiger partial charge in [-0.15, -0.1) is 0 Å². The molecule has 1 aromatic rings. The summed E-state index contributed by atoms with van der Waals surface area (Å²) in [5.74, 6) is 0.824. The first-order valence-corrected chi connectivity index (χ1v) is 6.04. The number of rotatable bonds is 4. The van der Waals surface area contributed by atoms with Crippen molar-refractivity contribution >= 4 is 11.6 Å². The van der Waals surface area contributed by atoms with Gasteiger partial charge in [-0.05, 0) is 37.8 Å². The van der Waals surface area contributed by atoms with E-state index in [9.17, 15) is 4.79 Å². The maximum atomic E-state index is 12.0. The number of hydrogen-bond acceptors (Lipinski definition) is 3. The Morgan fingerprint density at radius 1 is 1.59 bits per heavy atom. The number of aromatic nitrogens is 1. The molecule has 1 atom stereocenters. The fourth-order valence-electron chi connectivity index (χ4n) is 1.94. The number of pyridine rings is 1. The fourth-order valence-corrected chi connectivity index (χ4v) is 1.94. The zero-order chi connectivity index (χ0) is 12.4. The summed E-state index contributed by atoms with van der Waals surface area (Å²) in [6.07, 6.45) is 4.44. The minimum absolute atomic E-state index is 0.127. The van der Waals surface area contributed by atoms with Crippen LogP contribution in [0.5, 0.6) is 0 Å². The van der Waals surface area contributed by atoms with Crippen molar-refractivity contribution < 1.29 is 4.79 Å². The van der Waals surface area contributed by atoms with Crippen molar-refractivity contribution in [2.75, 3.05) is 12.8 Å². The topological polar surface area (TPSA) is 59.2 Å². The van der Waals surface area contributed by atoms with Crippen LogP contribution in [0.1, 0.15) is 25.5 Å². The van der Waals surface area contributed by atoms with Gasteiger partial charge in [0.1, 0.15) is 0 Å². The largest absolute Gasteiger partial charge is 0.397 e. The van der Waals surface area contributed by atoms with Crippen molar-refractivity contribution in [1.82, 2.24) is 9.88 Å². The molecule has 4 nitrogen and oxygen atoms in total. The van der Waals surface area contributed by atoms with Crippen LogP contribution in [0.25, 0.3) is 0 Å². The van der Waals surface area contributed by atoms with E-state index in [1.54, 1.807) is 12.3 Å². The zero-order valence-electron chi connectivity index (χ0n) is 10.4. The van der Waals surface area contributed by atoms with E-state index in [1.165, 1.54) is 12.8 Å². The van der Waals surface area contributed by atoms with Gasteiger partial charge in [-0.3, -0.25) is 9.78 Å².